The van der Waals surface area contributed by atoms with E-state index >= 15 is 0 Å². The fourth-order valence-corrected chi connectivity index (χ4v) is 5.02. The van der Waals surface area contributed by atoms with Crippen LogP contribution >= 0.6 is 11.3 Å². The highest BCUT2D eigenvalue weighted by atomic mass is 32.1. The molecule has 6 nitrogen and oxygen atoms in total. The number of para-hydroxylation sites is 1. The smallest absolute Gasteiger partial charge is 0.240 e. The number of nitrogens with zero attached hydrogens (tertiary/aromatic N) is 3. The highest BCUT2D eigenvalue weighted by Gasteiger charge is 2.30. The van der Waals surface area contributed by atoms with Crippen LogP contribution < -0.4 is 5.32 Å². The molecule has 1 N–H and O–H groups in total. The third kappa shape index (κ3) is 3.86. The Morgan fingerprint density at radius 1 is 1.23 bits per heavy atom. The molecule has 1 saturated heterocycles. The molecule has 2 aromatic heterocycles. The van der Waals surface area contributed by atoms with Gasteiger partial charge in [0, 0.05) is 11.6 Å². The van der Waals surface area contributed by atoms with E-state index in [9.17, 15) is 4.79 Å². The minimum Gasteiger partial charge on any atom is -0.338 e. The van der Waals surface area contributed by atoms with E-state index in [2.05, 4.69) is 21.4 Å². The average molecular weight is 419 g/mol. The predicted octanol–water partition coefficient (Wildman–Crippen LogP) is 5.04. The Hall–Kier alpha value is -3.03. The van der Waals surface area contributed by atoms with E-state index in [-0.39, 0.29) is 11.9 Å². The second-order valence-electron chi connectivity index (χ2n) is 7.64. The second-order valence-corrected chi connectivity index (χ2v) is 8.70. The summed E-state index contributed by atoms with van der Waals surface area (Å²) in [5, 5.41) is 8.00. The minimum atomic E-state index is -0.102. The van der Waals surface area contributed by atoms with Crippen molar-refractivity contribution in [2.24, 2.45) is 0 Å². The van der Waals surface area contributed by atoms with Gasteiger partial charge in [0.15, 0.2) is 0 Å². The molecule has 0 bridgehead atoms. The molecule has 5 rings (SSSR count). The summed E-state index contributed by atoms with van der Waals surface area (Å²) in [5.74, 6) is 0.265. The monoisotopic (exact) mass is 418 g/mol. The first-order valence-corrected chi connectivity index (χ1v) is 10.9. The Bertz CT molecular complexity index is 1150. The van der Waals surface area contributed by atoms with Crippen LogP contribution in [0.1, 0.15) is 29.5 Å². The predicted molar refractivity (Wildman–Crippen MR) is 118 cm³/mol. The molecule has 152 valence electrons. The molecular weight excluding hydrogens is 396 g/mol. The van der Waals surface area contributed by atoms with E-state index in [1.165, 1.54) is 10.3 Å². The Morgan fingerprint density at radius 2 is 2.07 bits per heavy atom. The normalized spacial score (nSPS) is 16.9. The van der Waals surface area contributed by atoms with Gasteiger partial charge in [-0.05, 0) is 38.4 Å². The number of fused-ring (bicyclic) bond motifs is 1. The number of carbonyl (C=O) groups is 1. The van der Waals surface area contributed by atoms with Crippen LogP contribution in [-0.4, -0.2) is 34.0 Å². The lowest BCUT2D eigenvalue weighted by Gasteiger charge is -2.21. The summed E-state index contributed by atoms with van der Waals surface area (Å²) >= 11 is 1.72. The molecule has 0 aliphatic carbocycles. The number of aryl methyl sites for hydroxylation is 1. The number of aromatic nitrogens is 2. The molecule has 1 aliphatic heterocycles. The maximum atomic E-state index is 12.7. The van der Waals surface area contributed by atoms with Crippen molar-refractivity contribution < 1.29 is 9.32 Å². The van der Waals surface area contributed by atoms with Gasteiger partial charge in [0.25, 0.3) is 0 Å². The van der Waals surface area contributed by atoms with Gasteiger partial charge in [0.1, 0.15) is 10.7 Å². The second kappa shape index (κ2) is 8.01. The third-order valence-corrected chi connectivity index (χ3v) is 6.56. The van der Waals surface area contributed by atoms with Gasteiger partial charge in [-0.2, -0.15) is 0 Å². The lowest BCUT2D eigenvalue weighted by Crippen LogP contribution is -2.32. The van der Waals surface area contributed by atoms with Crippen LogP contribution in [0.3, 0.4) is 0 Å². The molecule has 1 unspecified atom stereocenters. The molecule has 0 spiro atoms. The summed E-state index contributed by atoms with van der Waals surface area (Å²) in [4.78, 5) is 19.6. The van der Waals surface area contributed by atoms with Crippen LogP contribution in [0.15, 0.2) is 59.1 Å². The summed E-state index contributed by atoms with van der Waals surface area (Å²) in [5.41, 5.74) is 3.88. The molecule has 4 aromatic rings. The fourth-order valence-electron chi connectivity index (χ4n) is 3.88. The molecule has 1 atom stereocenters. The minimum absolute atomic E-state index is 0.102. The molecule has 1 fully saturated rings. The number of hydrogen-bond donors (Lipinski definition) is 1. The number of nitrogens with one attached hydrogen (secondary N) is 1. The van der Waals surface area contributed by atoms with Gasteiger partial charge < -0.3 is 4.52 Å². The topological polar surface area (TPSA) is 71.3 Å². The largest absolute Gasteiger partial charge is 0.338 e. The van der Waals surface area contributed by atoms with Crippen molar-refractivity contribution in [1.29, 1.82) is 0 Å². The summed E-state index contributed by atoms with van der Waals surface area (Å²) in [6, 6.07) is 18.2. The van der Waals surface area contributed by atoms with Gasteiger partial charge in [0.05, 0.1) is 22.8 Å². The molecule has 1 aliphatic rings. The summed E-state index contributed by atoms with van der Waals surface area (Å²) in [7, 11) is 0. The quantitative estimate of drug-likeness (QED) is 0.492. The number of likely N-dealkylation sites (tertiary alicyclic amines) is 1. The van der Waals surface area contributed by atoms with Crippen LogP contribution in [0.2, 0.25) is 0 Å². The van der Waals surface area contributed by atoms with E-state index < -0.39 is 0 Å². The molecule has 3 heterocycles. The molecule has 0 radical (unpaired) electrons. The fraction of sp³-hybridized carbons (Fsp3) is 0.261. The van der Waals surface area contributed by atoms with Gasteiger partial charge in [-0.15, -0.1) is 11.3 Å². The highest BCUT2D eigenvalue weighted by Crippen LogP contribution is 2.36. The van der Waals surface area contributed by atoms with Crippen LogP contribution in [0.5, 0.6) is 0 Å². The van der Waals surface area contributed by atoms with Gasteiger partial charge in [0.2, 0.25) is 11.8 Å². The maximum absolute atomic E-state index is 12.7. The van der Waals surface area contributed by atoms with Crippen LogP contribution in [0, 0.1) is 6.92 Å². The van der Waals surface area contributed by atoms with Crippen molar-refractivity contribution in [2.45, 2.75) is 25.8 Å². The summed E-state index contributed by atoms with van der Waals surface area (Å²) in [6.07, 6.45) is 2.08. The van der Waals surface area contributed by atoms with E-state index in [0.717, 1.165) is 35.5 Å². The van der Waals surface area contributed by atoms with Gasteiger partial charge >= 0.3 is 0 Å². The number of benzene rings is 2. The molecule has 7 heteroatoms. The Morgan fingerprint density at radius 3 is 2.90 bits per heavy atom. The van der Waals surface area contributed by atoms with Crippen LogP contribution in [-0.2, 0) is 4.79 Å². The van der Waals surface area contributed by atoms with Crippen molar-refractivity contribution in [1.82, 2.24) is 15.0 Å². The maximum Gasteiger partial charge on any atom is 0.240 e. The zero-order valence-electron chi connectivity index (χ0n) is 16.7. The third-order valence-electron chi connectivity index (χ3n) is 5.43. The zero-order chi connectivity index (χ0) is 20.5. The van der Waals surface area contributed by atoms with E-state index in [0.29, 0.717) is 18.1 Å². The van der Waals surface area contributed by atoms with Crippen molar-refractivity contribution in [2.75, 3.05) is 18.4 Å². The first kappa shape index (κ1) is 19.0. The first-order chi connectivity index (χ1) is 14.7. The number of anilines is 1. The standard InChI is InChI=1S/C23H22N4O2S/c1-15-8-10-16(11-9-15)18-13-22(29-26-18)25-21(28)14-27-12-4-6-19(27)23-24-17-5-2-3-7-20(17)30-23/h2-3,5,7-11,13,19H,4,6,12,14H2,1H3,(H,25,28). The lowest BCUT2D eigenvalue weighted by molar-refractivity contribution is -0.117. The first-order valence-electron chi connectivity index (χ1n) is 10.1. The molecule has 0 saturated carbocycles. The van der Waals surface area contributed by atoms with E-state index in [1.807, 2.05) is 49.4 Å². The van der Waals surface area contributed by atoms with Crippen LogP contribution in [0.25, 0.3) is 21.5 Å². The van der Waals surface area contributed by atoms with E-state index in [4.69, 9.17) is 9.51 Å². The van der Waals surface area contributed by atoms with E-state index in [1.54, 1.807) is 17.4 Å². The number of amides is 1. The number of rotatable bonds is 5. The zero-order valence-corrected chi connectivity index (χ0v) is 17.5. The van der Waals surface area contributed by atoms with Crippen molar-refractivity contribution in [3.63, 3.8) is 0 Å². The van der Waals surface area contributed by atoms with Gasteiger partial charge in [-0.3, -0.25) is 15.0 Å². The highest BCUT2D eigenvalue weighted by molar-refractivity contribution is 7.18. The lowest BCUT2D eigenvalue weighted by atomic mass is 10.1. The van der Waals surface area contributed by atoms with Crippen molar-refractivity contribution in [3.8, 4) is 11.3 Å². The van der Waals surface area contributed by atoms with Gasteiger partial charge in [-0.25, -0.2) is 4.98 Å². The number of thiazole rings is 1. The molecule has 1 amide bonds. The number of carbonyl (C=O) groups excluding carboxylic acids is 1. The van der Waals surface area contributed by atoms with Crippen molar-refractivity contribution >= 4 is 33.3 Å². The van der Waals surface area contributed by atoms with Crippen molar-refractivity contribution in [3.05, 3.63) is 65.2 Å². The SMILES string of the molecule is Cc1ccc(-c2cc(NC(=O)CN3CCCC3c3nc4ccccc4s3)on2)cc1. The summed E-state index contributed by atoms with van der Waals surface area (Å²) < 4.78 is 6.51. The van der Waals surface area contributed by atoms with Crippen LogP contribution in [0.4, 0.5) is 5.88 Å². The Balaban J connectivity index is 1.25. The summed E-state index contributed by atoms with van der Waals surface area (Å²) in [6.45, 7) is 3.23. The Labute approximate surface area is 178 Å². The Kier molecular flexibility index (Phi) is 5.06. The molecular formula is C23H22N4O2S. The number of hydrogen-bond acceptors (Lipinski definition) is 6. The van der Waals surface area contributed by atoms with Gasteiger partial charge in [-0.1, -0.05) is 47.1 Å². The average Bonchev–Trinajstić information content (AvgIpc) is 3.47. The molecule has 2 aromatic carbocycles. The molecule has 30 heavy (non-hydrogen) atoms.